The SMILES string of the molecule is COc1ccc(C)c2c1CCC(CN(C)C)C2=O.Cl. The maximum atomic E-state index is 12.6. The standard InChI is InChI=1S/C15H21NO2.ClH/c1-10-5-8-13(18-4)12-7-6-11(9-16(2)3)15(17)14(10)12;/h5,8,11H,6-7,9H2,1-4H3;1H. The van der Waals surface area contributed by atoms with E-state index < -0.39 is 0 Å². The molecule has 1 aromatic rings. The van der Waals surface area contributed by atoms with Crippen LogP contribution >= 0.6 is 12.4 Å². The van der Waals surface area contributed by atoms with Crippen LogP contribution in [0.25, 0.3) is 0 Å². The molecule has 0 saturated carbocycles. The van der Waals surface area contributed by atoms with Gasteiger partial charge in [-0.25, -0.2) is 0 Å². The lowest BCUT2D eigenvalue weighted by atomic mass is 9.80. The highest BCUT2D eigenvalue weighted by Crippen LogP contribution is 2.34. The molecule has 0 saturated heterocycles. The Kier molecular flexibility index (Phi) is 5.39. The Hall–Kier alpha value is -1.06. The summed E-state index contributed by atoms with van der Waals surface area (Å²) in [5.74, 6) is 1.26. The average molecular weight is 284 g/mol. The van der Waals surface area contributed by atoms with Crippen molar-refractivity contribution in [2.24, 2.45) is 5.92 Å². The van der Waals surface area contributed by atoms with Gasteiger partial charge in [-0.15, -0.1) is 12.4 Å². The molecule has 0 aromatic heterocycles. The van der Waals surface area contributed by atoms with Gasteiger partial charge in [0.1, 0.15) is 5.75 Å². The molecule has 0 spiro atoms. The second-order valence-corrected chi connectivity index (χ2v) is 5.30. The van der Waals surface area contributed by atoms with Crippen LogP contribution in [0.1, 0.15) is 27.9 Å². The molecule has 0 bridgehead atoms. The second kappa shape index (κ2) is 6.40. The first-order valence-electron chi connectivity index (χ1n) is 6.40. The van der Waals surface area contributed by atoms with Crippen LogP contribution in [-0.2, 0) is 6.42 Å². The number of ketones is 1. The first-order chi connectivity index (χ1) is 8.54. The molecule has 106 valence electrons. The van der Waals surface area contributed by atoms with Crippen molar-refractivity contribution in [2.45, 2.75) is 19.8 Å². The van der Waals surface area contributed by atoms with E-state index in [4.69, 9.17) is 4.74 Å². The zero-order chi connectivity index (χ0) is 13.3. The number of aryl methyl sites for hydroxylation is 1. The summed E-state index contributed by atoms with van der Waals surface area (Å²) in [5, 5.41) is 0. The molecule has 0 heterocycles. The fourth-order valence-electron chi connectivity index (χ4n) is 2.80. The molecule has 1 atom stereocenters. The highest BCUT2D eigenvalue weighted by molar-refractivity contribution is 6.02. The van der Waals surface area contributed by atoms with Gasteiger partial charge in [-0.05, 0) is 45.5 Å². The third-order valence-corrected chi connectivity index (χ3v) is 3.64. The molecule has 0 fully saturated rings. The van der Waals surface area contributed by atoms with Crippen molar-refractivity contribution in [3.63, 3.8) is 0 Å². The Labute approximate surface area is 121 Å². The fraction of sp³-hybridized carbons (Fsp3) is 0.533. The van der Waals surface area contributed by atoms with Gasteiger partial charge in [0.15, 0.2) is 5.78 Å². The number of hydrogen-bond acceptors (Lipinski definition) is 3. The van der Waals surface area contributed by atoms with Gasteiger partial charge in [-0.1, -0.05) is 6.07 Å². The summed E-state index contributed by atoms with van der Waals surface area (Å²) in [6.45, 7) is 2.84. The van der Waals surface area contributed by atoms with Crippen molar-refractivity contribution < 1.29 is 9.53 Å². The molecule has 4 heteroatoms. The van der Waals surface area contributed by atoms with Crippen LogP contribution in [0.2, 0.25) is 0 Å². The van der Waals surface area contributed by atoms with Gasteiger partial charge in [0.2, 0.25) is 0 Å². The average Bonchev–Trinajstić information content (AvgIpc) is 2.32. The van der Waals surface area contributed by atoms with Gasteiger partial charge in [-0.2, -0.15) is 0 Å². The third kappa shape index (κ3) is 3.10. The molecule has 2 rings (SSSR count). The number of Topliss-reactive ketones (excluding diaryl/α,β-unsaturated/α-hetero) is 1. The Balaban J connectivity index is 0.00000180. The number of benzene rings is 1. The van der Waals surface area contributed by atoms with Crippen molar-refractivity contribution in [1.29, 1.82) is 0 Å². The Morgan fingerprint density at radius 3 is 2.63 bits per heavy atom. The summed E-state index contributed by atoms with van der Waals surface area (Å²) in [7, 11) is 5.70. The van der Waals surface area contributed by atoms with E-state index in [0.29, 0.717) is 0 Å². The van der Waals surface area contributed by atoms with Gasteiger partial charge in [0.25, 0.3) is 0 Å². The Morgan fingerprint density at radius 1 is 1.37 bits per heavy atom. The van der Waals surface area contributed by atoms with Gasteiger partial charge < -0.3 is 9.64 Å². The normalized spacial score (nSPS) is 17.9. The first kappa shape index (κ1) is 16.0. The predicted molar refractivity (Wildman–Crippen MR) is 79.7 cm³/mol. The maximum Gasteiger partial charge on any atom is 0.167 e. The Bertz CT molecular complexity index is 471. The molecule has 0 radical (unpaired) electrons. The van der Waals surface area contributed by atoms with E-state index in [9.17, 15) is 4.79 Å². The summed E-state index contributed by atoms with van der Waals surface area (Å²) < 4.78 is 5.37. The minimum absolute atomic E-state index is 0. The highest BCUT2D eigenvalue weighted by atomic mass is 35.5. The predicted octanol–water partition coefficient (Wildman–Crippen LogP) is 2.73. The van der Waals surface area contributed by atoms with E-state index >= 15 is 0 Å². The number of hydrogen-bond donors (Lipinski definition) is 0. The zero-order valence-electron chi connectivity index (χ0n) is 12.0. The van der Waals surface area contributed by atoms with Crippen LogP contribution in [0.15, 0.2) is 12.1 Å². The van der Waals surface area contributed by atoms with Crippen molar-refractivity contribution in [3.05, 3.63) is 28.8 Å². The number of carbonyl (C=O) groups excluding carboxylic acids is 1. The van der Waals surface area contributed by atoms with E-state index in [2.05, 4.69) is 4.90 Å². The first-order valence-corrected chi connectivity index (χ1v) is 6.40. The van der Waals surface area contributed by atoms with E-state index in [1.807, 2.05) is 33.2 Å². The van der Waals surface area contributed by atoms with E-state index in [0.717, 1.165) is 41.8 Å². The third-order valence-electron chi connectivity index (χ3n) is 3.64. The fourth-order valence-corrected chi connectivity index (χ4v) is 2.80. The van der Waals surface area contributed by atoms with Gasteiger partial charge >= 0.3 is 0 Å². The number of rotatable bonds is 3. The van der Waals surface area contributed by atoms with Gasteiger partial charge in [0.05, 0.1) is 7.11 Å². The maximum absolute atomic E-state index is 12.6. The molecule has 1 unspecified atom stereocenters. The summed E-state index contributed by atoms with van der Waals surface area (Å²) in [6.07, 6.45) is 1.86. The topological polar surface area (TPSA) is 29.5 Å². The lowest BCUT2D eigenvalue weighted by Gasteiger charge is -2.28. The van der Waals surface area contributed by atoms with Crippen LogP contribution in [0.5, 0.6) is 5.75 Å². The van der Waals surface area contributed by atoms with Crippen LogP contribution in [0, 0.1) is 12.8 Å². The van der Waals surface area contributed by atoms with Crippen molar-refractivity contribution in [3.8, 4) is 5.75 Å². The van der Waals surface area contributed by atoms with Crippen molar-refractivity contribution in [1.82, 2.24) is 4.90 Å². The van der Waals surface area contributed by atoms with E-state index in [1.54, 1.807) is 7.11 Å². The summed E-state index contributed by atoms with van der Waals surface area (Å²) >= 11 is 0. The van der Waals surface area contributed by atoms with Crippen LogP contribution in [0.3, 0.4) is 0 Å². The van der Waals surface area contributed by atoms with Gasteiger partial charge in [0, 0.05) is 23.6 Å². The quantitative estimate of drug-likeness (QED) is 0.854. The number of methoxy groups -OCH3 is 1. The monoisotopic (exact) mass is 283 g/mol. The summed E-state index contributed by atoms with van der Waals surface area (Å²) in [4.78, 5) is 14.6. The molecular weight excluding hydrogens is 262 g/mol. The minimum Gasteiger partial charge on any atom is -0.496 e. The number of fused-ring (bicyclic) bond motifs is 1. The minimum atomic E-state index is 0. The lowest BCUT2D eigenvalue weighted by molar-refractivity contribution is 0.0875. The van der Waals surface area contributed by atoms with Crippen molar-refractivity contribution >= 4 is 18.2 Å². The van der Waals surface area contributed by atoms with E-state index in [-0.39, 0.29) is 24.1 Å². The molecule has 19 heavy (non-hydrogen) atoms. The molecule has 1 aliphatic carbocycles. The number of carbonyl (C=O) groups is 1. The molecule has 1 aromatic carbocycles. The molecule has 0 amide bonds. The van der Waals surface area contributed by atoms with Crippen molar-refractivity contribution in [2.75, 3.05) is 27.7 Å². The molecule has 0 N–H and O–H groups in total. The highest BCUT2D eigenvalue weighted by Gasteiger charge is 2.30. The number of nitrogens with zero attached hydrogens (tertiary/aromatic N) is 1. The lowest BCUT2D eigenvalue weighted by Crippen LogP contribution is -2.32. The van der Waals surface area contributed by atoms with Crippen LogP contribution < -0.4 is 4.74 Å². The van der Waals surface area contributed by atoms with Crippen LogP contribution in [-0.4, -0.2) is 38.4 Å². The summed E-state index contributed by atoms with van der Waals surface area (Å²) in [5.41, 5.74) is 3.06. The Morgan fingerprint density at radius 2 is 2.05 bits per heavy atom. The molecule has 1 aliphatic rings. The second-order valence-electron chi connectivity index (χ2n) is 5.30. The number of halogens is 1. The van der Waals surface area contributed by atoms with Gasteiger partial charge in [-0.3, -0.25) is 4.79 Å². The largest absolute Gasteiger partial charge is 0.496 e. The molecule has 3 nitrogen and oxygen atoms in total. The summed E-state index contributed by atoms with van der Waals surface area (Å²) in [6, 6.07) is 3.95. The zero-order valence-corrected chi connectivity index (χ0v) is 12.8. The molecular formula is C15H22ClNO2. The molecule has 0 aliphatic heterocycles. The smallest absolute Gasteiger partial charge is 0.167 e. The van der Waals surface area contributed by atoms with Crippen LogP contribution in [0.4, 0.5) is 0 Å². The number of ether oxygens (including phenoxy) is 1. The van der Waals surface area contributed by atoms with E-state index in [1.165, 1.54) is 0 Å².